The van der Waals surface area contributed by atoms with Crippen molar-refractivity contribution >= 4 is 16.0 Å². The molecular weight excluding hydrogens is 302 g/mol. The van der Waals surface area contributed by atoms with E-state index in [2.05, 4.69) is 9.71 Å². The molecule has 0 saturated carbocycles. The molecule has 114 valence electrons. The zero-order chi connectivity index (χ0) is 15.6. The number of alkyl halides is 2. The predicted molar refractivity (Wildman–Crippen MR) is 72.8 cm³/mol. The van der Waals surface area contributed by atoms with Gasteiger partial charge < -0.3 is 4.42 Å². The summed E-state index contributed by atoms with van der Waals surface area (Å²) >= 11 is 0. The largest absolute Gasteiger partial charge is 0.431 e. The van der Waals surface area contributed by atoms with Crippen LogP contribution in [0, 0.1) is 0 Å². The van der Waals surface area contributed by atoms with Gasteiger partial charge in [0.2, 0.25) is 0 Å². The van der Waals surface area contributed by atoms with Crippen LogP contribution >= 0.6 is 0 Å². The molecule has 0 radical (unpaired) electrons. The van der Waals surface area contributed by atoms with E-state index in [9.17, 15) is 17.2 Å². The monoisotopic (exact) mass is 316 g/mol. The number of benzene rings is 1. The fraction of sp³-hybridized carbons (Fsp3) is 0.308. The number of hydrogen-bond acceptors (Lipinski definition) is 4. The molecule has 21 heavy (non-hydrogen) atoms. The highest BCUT2D eigenvalue weighted by Gasteiger charge is 2.18. The van der Waals surface area contributed by atoms with E-state index in [-0.39, 0.29) is 22.4 Å². The molecule has 0 unspecified atom stereocenters. The lowest BCUT2D eigenvalue weighted by Crippen LogP contribution is -2.13. The van der Waals surface area contributed by atoms with Crippen molar-refractivity contribution in [3.8, 4) is 0 Å². The van der Waals surface area contributed by atoms with Crippen LogP contribution in [0.3, 0.4) is 0 Å². The van der Waals surface area contributed by atoms with Gasteiger partial charge in [0, 0.05) is 5.56 Å². The van der Waals surface area contributed by atoms with E-state index in [1.807, 2.05) is 13.8 Å². The van der Waals surface area contributed by atoms with Crippen LogP contribution in [0.5, 0.6) is 0 Å². The second kappa shape index (κ2) is 5.80. The van der Waals surface area contributed by atoms with Crippen LogP contribution in [-0.2, 0) is 10.0 Å². The number of oxazole rings is 1. The number of sulfonamides is 1. The SMILES string of the molecule is CC(C)c1coc(NS(=O)(=O)c2ccc(C(F)F)cc2)n1. The molecule has 0 bridgehead atoms. The fourth-order valence-electron chi connectivity index (χ4n) is 1.56. The van der Waals surface area contributed by atoms with Gasteiger partial charge in [-0.25, -0.2) is 21.9 Å². The van der Waals surface area contributed by atoms with E-state index in [0.717, 1.165) is 24.3 Å². The average Bonchev–Trinajstić information content (AvgIpc) is 2.87. The van der Waals surface area contributed by atoms with Gasteiger partial charge in [0.25, 0.3) is 16.4 Å². The van der Waals surface area contributed by atoms with Crippen LogP contribution in [0.2, 0.25) is 0 Å². The minimum Gasteiger partial charge on any atom is -0.431 e. The van der Waals surface area contributed by atoms with E-state index >= 15 is 0 Å². The Morgan fingerprint density at radius 3 is 2.29 bits per heavy atom. The second-order valence-corrected chi connectivity index (χ2v) is 6.39. The summed E-state index contributed by atoms with van der Waals surface area (Å²) in [4.78, 5) is 3.85. The van der Waals surface area contributed by atoms with E-state index in [4.69, 9.17) is 4.42 Å². The summed E-state index contributed by atoms with van der Waals surface area (Å²) in [5.41, 5.74) is 0.368. The summed E-state index contributed by atoms with van der Waals surface area (Å²) in [5.74, 6) is 0.0947. The molecule has 1 heterocycles. The van der Waals surface area contributed by atoms with Crippen molar-refractivity contribution in [1.82, 2.24) is 4.98 Å². The van der Waals surface area contributed by atoms with Gasteiger partial charge in [-0.05, 0) is 18.1 Å². The molecule has 1 N–H and O–H groups in total. The van der Waals surface area contributed by atoms with Crippen LogP contribution < -0.4 is 4.72 Å². The molecular formula is C13H14F2N2O3S. The molecule has 0 amide bonds. The van der Waals surface area contributed by atoms with E-state index in [0.29, 0.717) is 5.69 Å². The van der Waals surface area contributed by atoms with E-state index in [1.165, 1.54) is 6.26 Å². The maximum atomic E-state index is 12.4. The van der Waals surface area contributed by atoms with Gasteiger partial charge in [-0.3, -0.25) is 0 Å². The molecule has 5 nitrogen and oxygen atoms in total. The Bertz CT molecular complexity index is 709. The smallest absolute Gasteiger partial charge is 0.309 e. The highest BCUT2D eigenvalue weighted by atomic mass is 32.2. The highest BCUT2D eigenvalue weighted by molar-refractivity contribution is 7.92. The first-order valence-electron chi connectivity index (χ1n) is 6.16. The number of aromatic nitrogens is 1. The van der Waals surface area contributed by atoms with E-state index < -0.39 is 16.4 Å². The summed E-state index contributed by atoms with van der Waals surface area (Å²) in [6.45, 7) is 3.78. The van der Waals surface area contributed by atoms with Crippen molar-refractivity contribution in [1.29, 1.82) is 0 Å². The normalized spacial score (nSPS) is 12.1. The predicted octanol–water partition coefficient (Wildman–Crippen LogP) is 3.54. The minimum atomic E-state index is -3.92. The molecule has 0 spiro atoms. The van der Waals surface area contributed by atoms with Crippen LogP contribution in [0.15, 0.2) is 39.8 Å². The first kappa shape index (κ1) is 15.4. The molecule has 1 aromatic carbocycles. The first-order valence-corrected chi connectivity index (χ1v) is 7.64. The van der Waals surface area contributed by atoms with Crippen molar-refractivity contribution in [3.63, 3.8) is 0 Å². The summed E-state index contributed by atoms with van der Waals surface area (Å²) in [7, 11) is -3.92. The second-order valence-electron chi connectivity index (χ2n) is 4.71. The van der Waals surface area contributed by atoms with Gasteiger partial charge in [0.1, 0.15) is 6.26 Å². The number of anilines is 1. The highest BCUT2D eigenvalue weighted by Crippen LogP contribution is 2.22. The molecule has 1 aromatic heterocycles. The van der Waals surface area contributed by atoms with Gasteiger partial charge in [0.15, 0.2) is 0 Å². The van der Waals surface area contributed by atoms with Gasteiger partial charge in [-0.2, -0.15) is 4.98 Å². The molecule has 2 rings (SSSR count). The standard InChI is InChI=1S/C13H14F2N2O3S/c1-8(2)11-7-20-13(16-11)17-21(18,19)10-5-3-9(4-6-10)12(14)15/h3-8,12H,1-2H3,(H,16,17). The van der Waals surface area contributed by atoms with Crippen molar-refractivity contribution in [2.45, 2.75) is 31.1 Å². The quantitative estimate of drug-likeness (QED) is 0.916. The summed E-state index contributed by atoms with van der Waals surface area (Å²) < 4.78 is 56.2. The zero-order valence-electron chi connectivity index (χ0n) is 11.4. The fourth-order valence-corrected chi connectivity index (χ4v) is 2.50. The molecule has 2 aromatic rings. The topological polar surface area (TPSA) is 72.2 Å². The number of rotatable bonds is 5. The molecule has 0 aliphatic heterocycles. The molecule has 0 aliphatic rings. The minimum absolute atomic E-state index is 0.0947. The summed E-state index contributed by atoms with van der Waals surface area (Å²) in [5, 5.41) is 0. The van der Waals surface area contributed by atoms with Gasteiger partial charge in [-0.15, -0.1) is 0 Å². The Morgan fingerprint density at radius 1 is 1.19 bits per heavy atom. The number of nitrogens with one attached hydrogen (secondary N) is 1. The lowest BCUT2D eigenvalue weighted by atomic mass is 10.2. The van der Waals surface area contributed by atoms with Crippen molar-refractivity contribution in [2.75, 3.05) is 4.72 Å². The Kier molecular flexibility index (Phi) is 4.26. The van der Waals surface area contributed by atoms with Crippen LogP contribution in [0.25, 0.3) is 0 Å². The number of hydrogen-bond donors (Lipinski definition) is 1. The third kappa shape index (κ3) is 3.57. The molecule has 8 heteroatoms. The first-order chi connectivity index (χ1) is 9.79. The number of nitrogens with zero attached hydrogens (tertiary/aromatic N) is 1. The lowest BCUT2D eigenvalue weighted by Gasteiger charge is -2.05. The van der Waals surface area contributed by atoms with Crippen molar-refractivity contribution < 1.29 is 21.6 Å². The Labute approximate surface area is 121 Å². The number of halogens is 2. The van der Waals surface area contributed by atoms with Crippen LogP contribution in [-0.4, -0.2) is 13.4 Å². The summed E-state index contributed by atoms with van der Waals surface area (Å²) in [6, 6.07) is 4.19. The van der Waals surface area contributed by atoms with Gasteiger partial charge in [0.05, 0.1) is 10.6 Å². The maximum Gasteiger partial charge on any atom is 0.309 e. The molecule has 0 aliphatic carbocycles. The average molecular weight is 316 g/mol. The molecule has 0 fully saturated rings. The summed E-state index contributed by atoms with van der Waals surface area (Å²) in [6.07, 6.45) is -1.28. The third-order valence-corrected chi connectivity index (χ3v) is 4.11. The van der Waals surface area contributed by atoms with Gasteiger partial charge in [-0.1, -0.05) is 26.0 Å². The Balaban J connectivity index is 2.21. The Hall–Kier alpha value is -1.96. The zero-order valence-corrected chi connectivity index (χ0v) is 12.2. The maximum absolute atomic E-state index is 12.4. The third-order valence-electron chi connectivity index (χ3n) is 2.78. The van der Waals surface area contributed by atoms with Gasteiger partial charge >= 0.3 is 6.01 Å². The van der Waals surface area contributed by atoms with Crippen molar-refractivity contribution in [2.24, 2.45) is 0 Å². The van der Waals surface area contributed by atoms with Crippen LogP contribution in [0.1, 0.15) is 37.4 Å². The molecule has 0 atom stereocenters. The Morgan fingerprint density at radius 2 is 1.81 bits per heavy atom. The lowest BCUT2D eigenvalue weighted by molar-refractivity contribution is 0.151. The van der Waals surface area contributed by atoms with Crippen molar-refractivity contribution in [3.05, 3.63) is 41.8 Å². The van der Waals surface area contributed by atoms with Crippen LogP contribution in [0.4, 0.5) is 14.8 Å². The molecule has 0 saturated heterocycles. The van der Waals surface area contributed by atoms with E-state index in [1.54, 1.807) is 0 Å².